The van der Waals surface area contributed by atoms with E-state index in [1.54, 1.807) is 0 Å². The van der Waals surface area contributed by atoms with E-state index in [-0.39, 0.29) is 0 Å². The van der Waals surface area contributed by atoms with Gasteiger partial charge in [0, 0.05) is 16.8 Å². The van der Waals surface area contributed by atoms with E-state index in [1.807, 2.05) is 0 Å². The summed E-state index contributed by atoms with van der Waals surface area (Å²) in [4.78, 5) is 2.58. The topological polar surface area (TPSA) is 6.25 Å². The van der Waals surface area contributed by atoms with Gasteiger partial charge in [-0.05, 0) is 34.8 Å². The summed E-state index contributed by atoms with van der Waals surface area (Å²) in [6.07, 6.45) is 2.40. The van der Waals surface area contributed by atoms with Gasteiger partial charge in [0.2, 0.25) is 12.4 Å². The molecule has 1 aliphatic rings. The van der Waals surface area contributed by atoms with E-state index in [0.717, 1.165) is 13.2 Å². The first-order chi connectivity index (χ1) is 13.7. The highest BCUT2D eigenvalue weighted by molar-refractivity contribution is 5.71. The smallest absolute Gasteiger partial charge is 0.224 e. The van der Waals surface area contributed by atoms with E-state index in [9.17, 15) is 0 Å². The summed E-state index contributed by atoms with van der Waals surface area (Å²) in [5.74, 6) is 2.07. The molecule has 2 nitrogen and oxygen atoms in total. The Labute approximate surface area is 178 Å². The highest BCUT2D eigenvalue weighted by Crippen LogP contribution is 2.39. The van der Waals surface area contributed by atoms with Crippen LogP contribution in [0.4, 0.5) is 11.4 Å². The van der Waals surface area contributed by atoms with Crippen LogP contribution in [0.3, 0.4) is 0 Å². The monoisotopic (exact) mass is 391 g/mol. The minimum Gasteiger partial charge on any atom is -0.306 e. The van der Waals surface area contributed by atoms with Crippen molar-refractivity contribution in [1.82, 2.24) is 0 Å². The lowest BCUT2D eigenvalue weighted by molar-refractivity contribution is -0.427. The first-order valence-corrected chi connectivity index (χ1v) is 11.3. The van der Waals surface area contributed by atoms with Crippen molar-refractivity contribution in [3.63, 3.8) is 0 Å². The molecule has 2 heteroatoms. The standard InChI is InChI=1S/C27H39N2/c1-18(2)22-11-9-12-23(19(3)4)26(22)28-15-16-29(17-28)27-24(20(5)6)13-10-14-25(27)21(7)8/h9-15,18-21H,16-17H2,1-8H3/q+1. The summed E-state index contributed by atoms with van der Waals surface area (Å²) >= 11 is 0. The molecule has 0 fully saturated rings. The molecule has 156 valence electrons. The minimum atomic E-state index is 0.514. The highest BCUT2D eigenvalue weighted by Gasteiger charge is 2.31. The quantitative estimate of drug-likeness (QED) is 0.466. The SMILES string of the molecule is CC(C)c1cccc(C(C)C)c1N1CC=[N+](c2c(C(C)C)cccc2C(C)C)C1. The molecule has 0 aliphatic carbocycles. The van der Waals surface area contributed by atoms with Crippen LogP contribution < -0.4 is 4.90 Å². The molecule has 0 N–H and O–H groups in total. The van der Waals surface area contributed by atoms with Crippen molar-refractivity contribution in [2.75, 3.05) is 18.1 Å². The molecule has 0 amide bonds. The molecule has 2 aromatic rings. The predicted octanol–water partition coefficient (Wildman–Crippen LogP) is 7.37. The van der Waals surface area contributed by atoms with E-state index in [1.165, 1.54) is 33.6 Å². The van der Waals surface area contributed by atoms with Crippen molar-refractivity contribution in [2.45, 2.75) is 79.1 Å². The van der Waals surface area contributed by atoms with Crippen LogP contribution in [0.15, 0.2) is 36.4 Å². The van der Waals surface area contributed by atoms with Crippen LogP contribution in [0, 0.1) is 0 Å². The van der Waals surface area contributed by atoms with E-state index < -0.39 is 0 Å². The Morgan fingerprint density at radius 3 is 1.48 bits per heavy atom. The van der Waals surface area contributed by atoms with E-state index in [4.69, 9.17) is 0 Å². The molecule has 0 aromatic heterocycles. The second kappa shape index (κ2) is 8.73. The summed E-state index contributed by atoms with van der Waals surface area (Å²) in [5, 5.41) is 0. The Bertz CT molecular complexity index is 835. The van der Waals surface area contributed by atoms with Crippen LogP contribution in [0.1, 0.15) is 101 Å². The third kappa shape index (κ3) is 4.27. The molecule has 0 atom stereocenters. The van der Waals surface area contributed by atoms with Crippen LogP contribution in [-0.2, 0) is 0 Å². The lowest BCUT2D eigenvalue weighted by Crippen LogP contribution is -2.26. The summed E-state index contributed by atoms with van der Waals surface area (Å²) in [6, 6.07) is 13.7. The average molecular weight is 392 g/mol. The van der Waals surface area contributed by atoms with Crippen LogP contribution in [-0.4, -0.2) is 24.0 Å². The molecule has 0 unspecified atom stereocenters. The average Bonchev–Trinajstić information content (AvgIpc) is 3.15. The molecule has 0 radical (unpaired) electrons. The normalized spacial score (nSPS) is 14.6. The van der Waals surface area contributed by atoms with E-state index in [0.29, 0.717) is 23.7 Å². The zero-order valence-electron chi connectivity index (χ0n) is 19.7. The summed E-state index contributed by atoms with van der Waals surface area (Å²) < 4.78 is 2.51. The molecule has 0 saturated heterocycles. The maximum absolute atomic E-state index is 2.58. The Balaban J connectivity index is 2.05. The van der Waals surface area contributed by atoms with Crippen LogP contribution in [0.5, 0.6) is 0 Å². The number of hydrogen-bond donors (Lipinski definition) is 0. The molecule has 0 saturated carbocycles. The Morgan fingerprint density at radius 2 is 1.07 bits per heavy atom. The van der Waals surface area contributed by atoms with Gasteiger partial charge in [-0.3, -0.25) is 0 Å². The number of nitrogens with zero attached hydrogens (tertiary/aromatic N) is 2. The highest BCUT2D eigenvalue weighted by atomic mass is 15.3. The predicted molar refractivity (Wildman–Crippen MR) is 127 cm³/mol. The number of benzene rings is 2. The van der Waals surface area contributed by atoms with Crippen molar-refractivity contribution >= 4 is 17.6 Å². The van der Waals surface area contributed by atoms with Gasteiger partial charge < -0.3 is 4.90 Å². The Morgan fingerprint density at radius 1 is 0.655 bits per heavy atom. The van der Waals surface area contributed by atoms with E-state index in [2.05, 4.69) is 107 Å². The van der Waals surface area contributed by atoms with Gasteiger partial charge in [0.25, 0.3) is 0 Å². The van der Waals surface area contributed by atoms with Gasteiger partial charge >= 0.3 is 0 Å². The van der Waals surface area contributed by atoms with E-state index >= 15 is 0 Å². The molecule has 29 heavy (non-hydrogen) atoms. The van der Waals surface area contributed by atoms with Gasteiger partial charge in [-0.1, -0.05) is 91.8 Å². The lowest BCUT2D eigenvalue weighted by atomic mass is 9.92. The molecule has 0 bridgehead atoms. The number of anilines is 1. The zero-order chi connectivity index (χ0) is 21.3. The lowest BCUT2D eigenvalue weighted by Gasteiger charge is -2.26. The van der Waals surface area contributed by atoms with Crippen molar-refractivity contribution in [1.29, 1.82) is 0 Å². The van der Waals surface area contributed by atoms with Gasteiger partial charge in [-0.2, -0.15) is 4.58 Å². The van der Waals surface area contributed by atoms with Gasteiger partial charge in [0.15, 0.2) is 6.21 Å². The number of para-hydroxylation sites is 2. The first kappa shape index (κ1) is 21.6. The molecule has 3 rings (SSSR count). The number of rotatable bonds is 6. The largest absolute Gasteiger partial charge is 0.306 e. The second-order valence-electron chi connectivity index (χ2n) is 9.71. The van der Waals surface area contributed by atoms with Crippen molar-refractivity contribution in [3.05, 3.63) is 58.7 Å². The van der Waals surface area contributed by atoms with Gasteiger partial charge in [-0.25, -0.2) is 0 Å². The molecule has 0 spiro atoms. The van der Waals surface area contributed by atoms with Crippen molar-refractivity contribution in [3.8, 4) is 0 Å². The van der Waals surface area contributed by atoms with Gasteiger partial charge in [-0.15, -0.1) is 0 Å². The number of hydrogen-bond acceptors (Lipinski definition) is 1. The summed E-state index contributed by atoms with van der Waals surface area (Å²) in [7, 11) is 0. The third-order valence-electron chi connectivity index (χ3n) is 6.13. The zero-order valence-corrected chi connectivity index (χ0v) is 19.7. The van der Waals surface area contributed by atoms with Crippen molar-refractivity contribution in [2.24, 2.45) is 0 Å². The van der Waals surface area contributed by atoms with Crippen LogP contribution >= 0.6 is 0 Å². The maximum Gasteiger partial charge on any atom is 0.224 e. The maximum atomic E-state index is 2.58. The molecule has 1 heterocycles. The molecular weight excluding hydrogens is 352 g/mol. The fourth-order valence-corrected chi connectivity index (χ4v) is 4.54. The van der Waals surface area contributed by atoms with Crippen molar-refractivity contribution < 1.29 is 4.58 Å². The van der Waals surface area contributed by atoms with Crippen LogP contribution in [0.2, 0.25) is 0 Å². The van der Waals surface area contributed by atoms with Crippen LogP contribution in [0.25, 0.3) is 0 Å². The minimum absolute atomic E-state index is 0.514. The summed E-state index contributed by atoms with van der Waals surface area (Å²) in [5.41, 5.74) is 8.71. The fourth-order valence-electron chi connectivity index (χ4n) is 4.54. The second-order valence-corrected chi connectivity index (χ2v) is 9.71. The molecular formula is C27H39N2+. The third-order valence-corrected chi connectivity index (χ3v) is 6.13. The first-order valence-electron chi connectivity index (χ1n) is 11.3. The Kier molecular flexibility index (Phi) is 6.51. The van der Waals surface area contributed by atoms with Gasteiger partial charge in [0.05, 0.1) is 0 Å². The molecule has 1 aliphatic heterocycles. The summed E-state index contributed by atoms with van der Waals surface area (Å²) in [6.45, 7) is 20.4. The van der Waals surface area contributed by atoms with Gasteiger partial charge in [0.1, 0.15) is 6.54 Å². The Hall–Kier alpha value is -2.09. The fraction of sp³-hybridized carbons (Fsp3) is 0.519. The molecule has 2 aromatic carbocycles.